The van der Waals surface area contributed by atoms with E-state index in [0.717, 1.165) is 25.7 Å². The lowest BCUT2D eigenvalue weighted by Crippen LogP contribution is -2.39. The number of hydrogen-bond donors (Lipinski definition) is 3. The minimum absolute atomic E-state index is 0.264. The summed E-state index contributed by atoms with van der Waals surface area (Å²) in [4.78, 5) is 0. The third-order valence-electron chi connectivity index (χ3n) is 7.74. The number of rotatable bonds is 30. The molecular weight excluding hydrogens is 430 g/mol. The van der Waals surface area contributed by atoms with Crippen LogP contribution in [0, 0.1) is 0 Å². The Bertz CT molecular complexity index is 343. The highest BCUT2D eigenvalue weighted by atomic mass is 16.3. The molecule has 0 saturated carbocycles. The number of aliphatic hydroxyl groups is 2. The minimum Gasteiger partial charge on any atom is -0.396 e. The van der Waals surface area contributed by atoms with Crippen LogP contribution in [0.5, 0.6) is 0 Å². The van der Waals surface area contributed by atoms with Gasteiger partial charge in [-0.1, -0.05) is 155 Å². The smallest absolute Gasteiger partial charge is 0.0445 e. The minimum atomic E-state index is 0.264. The SMILES string of the molecule is CCCCCCCCCCCCCC(CCO)NC(CCO)CCCCCCCCCCCCC. The molecule has 0 saturated heterocycles. The molecule has 3 nitrogen and oxygen atoms in total. The highest BCUT2D eigenvalue weighted by Crippen LogP contribution is 2.16. The molecule has 3 heteroatoms. The van der Waals surface area contributed by atoms with E-state index in [1.54, 1.807) is 0 Å². The largest absolute Gasteiger partial charge is 0.396 e. The summed E-state index contributed by atoms with van der Waals surface area (Å²) >= 11 is 0. The summed E-state index contributed by atoms with van der Waals surface area (Å²) < 4.78 is 0. The van der Waals surface area contributed by atoms with E-state index < -0.39 is 0 Å². The first-order valence-corrected chi connectivity index (χ1v) is 16.3. The van der Waals surface area contributed by atoms with Gasteiger partial charge in [-0.05, 0) is 25.7 Å². The van der Waals surface area contributed by atoms with E-state index in [2.05, 4.69) is 19.2 Å². The van der Waals surface area contributed by atoms with Crippen LogP contribution in [0.15, 0.2) is 0 Å². The molecule has 0 aliphatic rings. The van der Waals surface area contributed by atoms with Crippen molar-refractivity contribution in [1.29, 1.82) is 0 Å². The fourth-order valence-electron chi connectivity index (χ4n) is 5.38. The number of unbranched alkanes of at least 4 members (excludes halogenated alkanes) is 20. The average molecular weight is 498 g/mol. The molecule has 0 aliphatic heterocycles. The summed E-state index contributed by atoms with van der Waals surface area (Å²) in [6.45, 7) is 5.10. The average Bonchev–Trinajstić information content (AvgIpc) is 2.86. The van der Waals surface area contributed by atoms with Gasteiger partial charge in [0.1, 0.15) is 0 Å². The summed E-state index contributed by atoms with van der Waals surface area (Å²) in [5.41, 5.74) is 0. The van der Waals surface area contributed by atoms with Crippen LogP contribution in [0.2, 0.25) is 0 Å². The van der Waals surface area contributed by atoms with Crippen molar-refractivity contribution in [3.63, 3.8) is 0 Å². The van der Waals surface area contributed by atoms with Crippen LogP contribution in [0.3, 0.4) is 0 Å². The van der Waals surface area contributed by atoms with Gasteiger partial charge in [-0.3, -0.25) is 0 Å². The first kappa shape index (κ1) is 34.9. The molecule has 0 aliphatic carbocycles. The molecule has 0 radical (unpaired) electrons. The maximum atomic E-state index is 9.54. The normalized spacial score (nSPS) is 13.4. The molecule has 0 bridgehead atoms. The van der Waals surface area contributed by atoms with Gasteiger partial charge in [0.25, 0.3) is 0 Å². The van der Waals surface area contributed by atoms with Crippen LogP contribution in [-0.2, 0) is 0 Å². The van der Waals surface area contributed by atoms with Gasteiger partial charge >= 0.3 is 0 Å². The van der Waals surface area contributed by atoms with E-state index in [1.807, 2.05) is 0 Å². The Morgan fingerprint density at radius 1 is 0.371 bits per heavy atom. The number of nitrogens with one attached hydrogen (secondary N) is 1. The summed E-state index contributed by atoms with van der Waals surface area (Å²) in [6.07, 6.45) is 34.4. The summed E-state index contributed by atoms with van der Waals surface area (Å²) in [5, 5.41) is 22.9. The van der Waals surface area contributed by atoms with Crippen molar-refractivity contribution < 1.29 is 10.2 Å². The van der Waals surface area contributed by atoms with Crippen LogP contribution in [0.4, 0.5) is 0 Å². The van der Waals surface area contributed by atoms with Crippen LogP contribution in [-0.4, -0.2) is 35.5 Å². The van der Waals surface area contributed by atoms with Crippen molar-refractivity contribution in [3.8, 4) is 0 Å². The topological polar surface area (TPSA) is 52.5 Å². The summed E-state index contributed by atoms with van der Waals surface area (Å²) in [7, 11) is 0. The quantitative estimate of drug-likeness (QED) is 0.0866. The lowest BCUT2D eigenvalue weighted by Gasteiger charge is -2.25. The van der Waals surface area contributed by atoms with Crippen molar-refractivity contribution in [2.45, 2.75) is 193 Å². The first-order chi connectivity index (χ1) is 17.3. The molecule has 0 amide bonds. The molecule has 212 valence electrons. The van der Waals surface area contributed by atoms with Gasteiger partial charge in [-0.25, -0.2) is 0 Å². The lowest BCUT2D eigenvalue weighted by molar-refractivity contribution is 0.224. The van der Waals surface area contributed by atoms with Crippen LogP contribution >= 0.6 is 0 Å². The van der Waals surface area contributed by atoms with Gasteiger partial charge in [0.05, 0.1) is 0 Å². The van der Waals surface area contributed by atoms with Gasteiger partial charge < -0.3 is 15.5 Å². The van der Waals surface area contributed by atoms with E-state index in [1.165, 1.54) is 141 Å². The Balaban J connectivity index is 3.82. The van der Waals surface area contributed by atoms with Crippen LogP contribution in [0.25, 0.3) is 0 Å². The molecule has 0 spiro atoms. The van der Waals surface area contributed by atoms with E-state index in [9.17, 15) is 10.2 Å². The van der Waals surface area contributed by atoms with E-state index in [-0.39, 0.29) is 13.2 Å². The molecule has 3 N–H and O–H groups in total. The zero-order valence-corrected chi connectivity index (χ0v) is 24.3. The van der Waals surface area contributed by atoms with Crippen LogP contribution in [0.1, 0.15) is 181 Å². The Morgan fingerprint density at radius 3 is 0.886 bits per heavy atom. The second-order valence-electron chi connectivity index (χ2n) is 11.2. The maximum absolute atomic E-state index is 9.54. The van der Waals surface area contributed by atoms with Crippen molar-refractivity contribution in [2.75, 3.05) is 13.2 Å². The van der Waals surface area contributed by atoms with Gasteiger partial charge in [-0.2, -0.15) is 0 Å². The highest BCUT2D eigenvalue weighted by Gasteiger charge is 2.14. The van der Waals surface area contributed by atoms with Crippen molar-refractivity contribution in [1.82, 2.24) is 5.32 Å². The summed E-state index contributed by atoms with van der Waals surface area (Å²) in [6, 6.07) is 0.811. The molecule has 0 fully saturated rings. The number of hydrogen-bond acceptors (Lipinski definition) is 3. The Morgan fingerprint density at radius 2 is 0.629 bits per heavy atom. The third-order valence-corrected chi connectivity index (χ3v) is 7.74. The maximum Gasteiger partial charge on any atom is 0.0445 e. The van der Waals surface area contributed by atoms with Gasteiger partial charge in [-0.15, -0.1) is 0 Å². The fraction of sp³-hybridized carbons (Fsp3) is 1.00. The van der Waals surface area contributed by atoms with Gasteiger partial charge in [0.2, 0.25) is 0 Å². The monoisotopic (exact) mass is 498 g/mol. The van der Waals surface area contributed by atoms with Crippen molar-refractivity contribution >= 4 is 0 Å². The molecule has 0 heterocycles. The van der Waals surface area contributed by atoms with E-state index >= 15 is 0 Å². The molecule has 0 rings (SSSR count). The zero-order valence-electron chi connectivity index (χ0n) is 24.3. The second-order valence-corrected chi connectivity index (χ2v) is 11.2. The Kier molecular flexibility index (Phi) is 30.0. The molecule has 0 aromatic carbocycles. The standard InChI is InChI=1S/C32H67NO2/c1-3-5-7-9-11-13-15-17-19-21-23-25-31(27-29-34)33-32(28-30-35)26-24-22-20-18-16-14-12-10-8-6-4-2/h31-35H,3-30H2,1-2H3. The van der Waals surface area contributed by atoms with Gasteiger partial charge in [0.15, 0.2) is 0 Å². The predicted molar refractivity (Wildman–Crippen MR) is 156 cm³/mol. The molecule has 2 unspecified atom stereocenters. The lowest BCUT2D eigenvalue weighted by atomic mass is 9.99. The zero-order chi connectivity index (χ0) is 25.7. The first-order valence-electron chi connectivity index (χ1n) is 16.3. The molecule has 2 atom stereocenters. The Hall–Kier alpha value is -0.120. The van der Waals surface area contributed by atoms with Crippen molar-refractivity contribution in [2.24, 2.45) is 0 Å². The third kappa shape index (κ3) is 26.7. The molecule has 0 aromatic heterocycles. The Labute approximate surface area is 221 Å². The molecular formula is C32H67NO2. The van der Waals surface area contributed by atoms with Crippen LogP contribution < -0.4 is 5.32 Å². The summed E-state index contributed by atoms with van der Waals surface area (Å²) in [5.74, 6) is 0. The molecule has 35 heavy (non-hydrogen) atoms. The number of aliphatic hydroxyl groups excluding tert-OH is 2. The van der Waals surface area contributed by atoms with Crippen molar-refractivity contribution in [3.05, 3.63) is 0 Å². The fourth-order valence-corrected chi connectivity index (χ4v) is 5.38. The van der Waals surface area contributed by atoms with E-state index in [0.29, 0.717) is 12.1 Å². The predicted octanol–water partition coefficient (Wildman–Crippen LogP) is 9.48. The van der Waals surface area contributed by atoms with Gasteiger partial charge in [0, 0.05) is 25.3 Å². The highest BCUT2D eigenvalue weighted by molar-refractivity contribution is 4.75. The van der Waals surface area contributed by atoms with E-state index in [4.69, 9.17) is 0 Å². The molecule has 0 aromatic rings. The second kappa shape index (κ2) is 30.1.